The van der Waals surface area contributed by atoms with Crippen LogP contribution in [0.2, 0.25) is 0 Å². The molecule has 0 saturated carbocycles. The van der Waals surface area contributed by atoms with Crippen molar-refractivity contribution in [1.82, 2.24) is 10.2 Å². The Morgan fingerprint density at radius 2 is 2.58 bits per heavy atom. The van der Waals surface area contributed by atoms with Crippen molar-refractivity contribution >= 4 is 22.0 Å². The van der Waals surface area contributed by atoms with E-state index in [9.17, 15) is 0 Å². The Bertz CT molecular complexity index is 308. The van der Waals surface area contributed by atoms with E-state index in [1.165, 1.54) is 0 Å². The number of rotatable bonds is 3. The molecule has 4 heteroatoms. The number of hydrogen-bond acceptors (Lipinski definition) is 2. The van der Waals surface area contributed by atoms with Gasteiger partial charge in [0.1, 0.15) is 11.8 Å². The number of hydrogen-bond donors (Lipinski definition) is 1. The molecule has 0 aromatic carbocycles. The first kappa shape index (κ1) is 9.01. The molecule has 0 bridgehead atoms. The van der Waals surface area contributed by atoms with Gasteiger partial charge in [0, 0.05) is 10.9 Å². The molecule has 1 heterocycles. The number of alkyl halides is 1. The topological polar surface area (TPSA) is 52.5 Å². The fourth-order valence-corrected chi connectivity index (χ4v) is 1.05. The molecule has 1 aromatic rings. The summed E-state index contributed by atoms with van der Waals surface area (Å²) in [5.74, 6) is 0. The summed E-state index contributed by atoms with van der Waals surface area (Å²) in [6.45, 7) is 0. The van der Waals surface area contributed by atoms with Crippen LogP contribution in [0.4, 0.5) is 0 Å². The quantitative estimate of drug-likeness (QED) is 0.802. The highest BCUT2D eigenvalue weighted by Gasteiger charge is 1.97. The summed E-state index contributed by atoms with van der Waals surface area (Å²) in [6.07, 6.45) is 6.49. The molecule has 12 heavy (non-hydrogen) atoms. The van der Waals surface area contributed by atoms with Crippen LogP contribution in [0.25, 0.3) is 6.08 Å². The van der Waals surface area contributed by atoms with E-state index in [0.29, 0.717) is 5.69 Å². The lowest BCUT2D eigenvalue weighted by Crippen LogP contribution is -1.76. The number of H-pyrrole nitrogens is 1. The van der Waals surface area contributed by atoms with E-state index in [0.717, 1.165) is 17.3 Å². The van der Waals surface area contributed by atoms with Crippen LogP contribution < -0.4 is 0 Å². The monoisotopic (exact) mass is 225 g/mol. The summed E-state index contributed by atoms with van der Waals surface area (Å²) in [6, 6.07) is 2.02. The van der Waals surface area contributed by atoms with Gasteiger partial charge in [0.2, 0.25) is 0 Å². The molecule has 0 radical (unpaired) electrons. The highest BCUT2D eigenvalue weighted by atomic mass is 79.9. The molecule has 1 N–H and O–H groups in total. The predicted molar refractivity (Wildman–Crippen MR) is 50.7 cm³/mol. The molecule has 1 aromatic heterocycles. The van der Waals surface area contributed by atoms with Crippen LogP contribution in [-0.2, 0) is 0 Å². The van der Waals surface area contributed by atoms with Gasteiger partial charge in [-0.05, 0) is 6.42 Å². The molecule has 0 saturated heterocycles. The minimum Gasteiger partial charge on any atom is -0.267 e. The van der Waals surface area contributed by atoms with Gasteiger partial charge in [-0.2, -0.15) is 10.4 Å². The van der Waals surface area contributed by atoms with Crippen LogP contribution in [0.5, 0.6) is 0 Å². The molecule has 0 amide bonds. The zero-order chi connectivity index (χ0) is 8.81. The lowest BCUT2D eigenvalue weighted by atomic mass is 10.2. The maximum absolute atomic E-state index is 8.60. The zero-order valence-corrected chi connectivity index (χ0v) is 8.00. The average Bonchev–Trinajstić information content (AvgIpc) is 2.52. The normalized spacial score (nSPS) is 10.3. The van der Waals surface area contributed by atoms with Crippen molar-refractivity contribution in [1.29, 1.82) is 5.26 Å². The number of nitriles is 1. The third-order valence-corrected chi connectivity index (χ3v) is 1.81. The molecule has 0 aliphatic carbocycles. The molecular weight excluding hydrogens is 218 g/mol. The van der Waals surface area contributed by atoms with E-state index in [2.05, 4.69) is 26.1 Å². The van der Waals surface area contributed by atoms with Crippen molar-refractivity contribution in [2.75, 3.05) is 5.33 Å². The number of aromatic nitrogens is 2. The number of nitrogens with zero attached hydrogens (tertiary/aromatic N) is 2. The highest BCUT2D eigenvalue weighted by molar-refractivity contribution is 9.09. The lowest BCUT2D eigenvalue weighted by Gasteiger charge is -1.84. The summed E-state index contributed by atoms with van der Waals surface area (Å²) in [5, 5.41) is 15.9. The van der Waals surface area contributed by atoms with Crippen molar-refractivity contribution in [3.8, 4) is 6.07 Å². The van der Waals surface area contributed by atoms with Crippen molar-refractivity contribution < 1.29 is 0 Å². The largest absolute Gasteiger partial charge is 0.267 e. The minimum absolute atomic E-state index is 0.515. The van der Waals surface area contributed by atoms with Gasteiger partial charge in [-0.1, -0.05) is 28.1 Å². The molecule has 0 atom stereocenters. The molecule has 0 fully saturated rings. The highest BCUT2D eigenvalue weighted by Crippen LogP contribution is 2.05. The number of allylic oxidation sites excluding steroid dienone is 1. The first-order valence-electron chi connectivity index (χ1n) is 3.54. The molecule has 1 rings (SSSR count). The van der Waals surface area contributed by atoms with Crippen LogP contribution in [0, 0.1) is 11.3 Å². The summed E-state index contributed by atoms with van der Waals surface area (Å²) in [7, 11) is 0. The van der Waals surface area contributed by atoms with Crippen LogP contribution >= 0.6 is 15.9 Å². The minimum atomic E-state index is 0.515. The van der Waals surface area contributed by atoms with Crippen molar-refractivity contribution in [2.45, 2.75) is 6.42 Å². The molecule has 0 spiro atoms. The van der Waals surface area contributed by atoms with Gasteiger partial charge in [0.05, 0.1) is 6.20 Å². The summed E-state index contributed by atoms with van der Waals surface area (Å²) >= 11 is 3.31. The second-order valence-corrected chi connectivity index (χ2v) is 2.99. The number of halogens is 1. The van der Waals surface area contributed by atoms with Gasteiger partial charge in [-0.3, -0.25) is 5.10 Å². The Morgan fingerprint density at radius 1 is 1.75 bits per heavy atom. The number of nitrogens with one attached hydrogen (secondary N) is 1. The second kappa shape index (κ2) is 4.73. The van der Waals surface area contributed by atoms with Gasteiger partial charge in [-0.15, -0.1) is 0 Å². The summed E-state index contributed by atoms with van der Waals surface area (Å²) in [4.78, 5) is 0. The van der Waals surface area contributed by atoms with Crippen LogP contribution in [0.1, 0.15) is 17.7 Å². The van der Waals surface area contributed by atoms with E-state index in [1.807, 2.05) is 18.2 Å². The van der Waals surface area contributed by atoms with Crippen molar-refractivity contribution in [3.05, 3.63) is 23.5 Å². The lowest BCUT2D eigenvalue weighted by molar-refractivity contribution is 1.07. The number of aromatic amines is 1. The Hall–Kier alpha value is -1.08. The van der Waals surface area contributed by atoms with Gasteiger partial charge < -0.3 is 0 Å². The van der Waals surface area contributed by atoms with Crippen LogP contribution in [0.3, 0.4) is 0 Å². The molecule has 62 valence electrons. The van der Waals surface area contributed by atoms with Crippen LogP contribution in [-0.4, -0.2) is 15.5 Å². The fraction of sp³-hybridized carbons (Fsp3) is 0.250. The predicted octanol–water partition coefficient (Wildman–Crippen LogP) is 2.08. The third-order valence-electron chi connectivity index (χ3n) is 1.35. The van der Waals surface area contributed by atoms with Crippen LogP contribution in [0.15, 0.2) is 12.3 Å². The average molecular weight is 226 g/mol. The van der Waals surface area contributed by atoms with E-state index < -0.39 is 0 Å². The Kier molecular flexibility index (Phi) is 3.55. The Labute approximate surface area is 79.2 Å². The zero-order valence-electron chi connectivity index (χ0n) is 6.42. The molecule has 0 aliphatic heterocycles. The summed E-state index contributed by atoms with van der Waals surface area (Å²) < 4.78 is 0. The Balaban J connectivity index is 2.69. The first-order valence-corrected chi connectivity index (χ1v) is 4.66. The summed E-state index contributed by atoms with van der Waals surface area (Å²) in [5.41, 5.74) is 1.36. The standard InChI is InChI=1S/C8H8BrN3/c9-4-2-1-3-7-6-11-12-8(7)5-10/h1,3,6H,2,4H2,(H,11,12). The molecule has 0 aliphatic rings. The second-order valence-electron chi connectivity index (χ2n) is 2.19. The van der Waals surface area contributed by atoms with E-state index >= 15 is 0 Å². The van der Waals surface area contributed by atoms with Crippen molar-refractivity contribution in [2.24, 2.45) is 0 Å². The van der Waals surface area contributed by atoms with E-state index in [-0.39, 0.29) is 0 Å². The van der Waals surface area contributed by atoms with Crippen molar-refractivity contribution in [3.63, 3.8) is 0 Å². The van der Waals surface area contributed by atoms with Gasteiger partial charge in [0.15, 0.2) is 0 Å². The first-order chi connectivity index (χ1) is 5.88. The maximum Gasteiger partial charge on any atom is 0.142 e. The molecule has 0 unspecified atom stereocenters. The van der Waals surface area contributed by atoms with Gasteiger partial charge in [-0.25, -0.2) is 0 Å². The van der Waals surface area contributed by atoms with E-state index in [4.69, 9.17) is 5.26 Å². The Morgan fingerprint density at radius 3 is 3.25 bits per heavy atom. The maximum atomic E-state index is 8.60. The molecule has 3 nitrogen and oxygen atoms in total. The third kappa shape index (κ3) is 2.21. The van der Waals surface area contributed by atoms with Gasteiger partial charge >= 0.3 is 0 Å². The van der Waals surface area contributed by atoms with Gasteiger partial charge in [0.25, 0.3) is 0 Å². The SMILES string of the molecule is N#Cc1[nH]ncc1C=CCCBr. The van der Waals surface area contributed by atoms with E-state index in [1.54, 1.807) is 6.20 Å². The molecular formula is C8H8BrN3. The fourth-order valence-electron chi connectivity index (χ4n) is 0.785. The smallest absolute Gasteiger partial charge is 0.142 e.